The monoisotopic (exact) mass is 326 g/mol. The molecule has 0 saturated carbocycles. The lowest BCUT2D eigenvalue weighted by Crippen LogP contribution is -2.41. The molecule has 1 atom stereocenters. The highest BCUT2D eigenvalue weighted by Crippen LogP contribution is 2.31. The van der Waals surface area contributed by atoms with E-state index < -0.39 is 8.32 Å². The second-order valence-electron chi connectivity index (χ2n) is 6.06. The Labute approximate surface area is 121 Å². The van der Waals surface area contributed by atoms with E-state index in [2.05, 4.69) is 79.8 Å². The molecule has 18 heavy (non-hydrogen) atoms. The van der Waals surface area contributed by atoms with Gasteiger partial charge in [-0.3, -0.25) is 0 Å². The standard InChI is InChI=1S/C15H23BrOSi/c1-15(2,13-9-7-6-8-10-13)14(11-12-16)17-18(3,4)5/h6-12,14H,1-5H3. The van der Waals surface area contributed by atoms with Crippen LogP contribution in [0.2, 0.25) is 19.6 Å². The van der Waals surface area contributed by atoms with Crippen LogP contribution in [-0.4, -0.2) is 14.4 Å². The molecule has 1 nitrogen and oxygen atoms in total. The molecule has 0 amide bonds. The van der Waals surface area contributed by atoms with Crippen LogP contribution in [0.5, 0.6) is 0 Å². The summed E-state index contributed by atoms with van der Waals surface area (Å²) < 4.78 is 6.32. The normalized spacial score (nSPS) is 15.0. The number of benzene rings is 1. The van der Waals surface area contributed by atoms with Gasteiger partial charge >= 0.3 is 0 Å². The van der Waals surface area contributed by atoms with Crippen LogP contribution in [0.25, 0.3) is 0 Å². The van der Waals surface area contributed by atoms with Crippen molar-refractivity contribution in [2.45, 2.75) is 45.0 Å². The van der Waals surface area contributed by atoms with Crippen molar-refractivity contribution in [2.24, 2.45) is 0 Å². The first kappa shape index (κ1) is 15.7. The van der Waals surface area contributed by atoms with E-state index in [1.165, 1.54) is 5.56 Å². The zero-order valence-electron chi connectivity index (χ0n) is 11.9. The van der Waals surface area contributed by atoms with E-state index in [1.54, 1.807) is 0 Å². The Kier molecular flexibility index (Phi) is 5.38. The highest BCUT2D eigenvalue weighted by Gasteiger charge is 2.33. The first-order valence-corrected chi connectivity index (χ1v) is 10.6. The van der Waals surface area contributed by atoms with Crippen molar-refractivity contribution in [3.63, 3.8) is 0 Å². The fourth-order valence-electron chi connectivity index (χ4n) is 1.91. The molecule has 1 aromatic carbocycles. The molecule has 0 radical (unpaired) electrons. The van der Waals surface area contributed by atoms with Crippen molar-refractivity contribution in [3.8, 4) is 0 Å². The van der Waals surface area contributed by atoms with Crippen LogP contribution in [-0.2, 0) is 9.84 Å². The summed E-state index contributed by atoms with van der Waals surface area (Å²) in [5, 5.41) is 0. The van der Waals surface area contributed by atoms with Gasteiger partial charge in [0.05, 0.1) is 6.10 Å². The second kappa shape index (κ2) is 6.18. The summed E-state index contributed by atoms with van der Waals surface area (Å²) in [5.41, 5.74) is 1.27. The third kappa shape index (κ3) is 4.37. The minimum Gasteiger partial charge on any atom is -0.410 e. The van der Waals surface area contributed by atoms with Crippen LogP contribution in [0.4, 0.5) is 0 Å². The summed E-state index contributed by atoms with van der Waals surface area (Å²) in [7, 11) is -1.57. The highest BCUT2D eigenvalue weighted by atomic mass is 79.9. The number of hydrogen-bond donors (Lipinski definition) is 0. The molecule has 3 heteroatoms. The van der Waals surface area contributed by atoms with Gasteiger partial charge in [0.25, 0.3) is 0 Å². The Balaban J connectivity index is 3.04. The second-order valence-corrected chi connectivity index (χ2v) is 11.0. The molecule has 1 rings (SSSR count). The van der Waals surface area contributed by atoms with Gasteiger partial charge in [0.1, 0.15) is 0 Å². The Bertz CT molecular complexity index is 393. The van der Waals surface area contributed by atoms with Crippen molar-refractivity contribution in [1.29, 1.82) is 0 Å². The quantitative estimate of drug-likeness (QED) is 0.684. The van der Waals surface area contributed by atoms with Gasteiger partial charge in [-0.25, -0.2) is 0 Å². The average molecular weight is 327 g/mol. The van der Waals surface area contributed by atoms with Crippen molar-refractivity contribution in [3.05, 3.63) is 47.0 Å². The summed E-state index contributed by atoms with van der Waals surface area (Å²) >= 11 is 3.38. The predicted molar refractivity (Wildman–Crippen MR) is 85.8 cm³/mol. The largest absolute Gasteiger partial charge is 0.410 e. The van der Waals surface area contributed by atoms with Crippen LogP contribution in [0, 0.1) is 0 Å². The summed E-state index contributed by atoms with van der Waals surface area (Å²) in [5.74, 6) is 0. The topological polar surface area (TPSA) is 9.23 Å². The highest BCUT2D eigenvalue weighted by molar-refractivity contribution is 9.11. The van der Waals surface area contributed by atoms with E-state index in [0.29, 0.717) is 0 Å². The Morgan fingerprint density at radius 1 is 1.17 bits per heavy atom. The fraction of sp³-hybridized carbons (Fsp3) is 0.467. The molecular formula is C15H23BrOSi. The Morgan fingerprint density at radius 3 is 2.17 bits per heavy atom. The van der Waals surface area contributed by atoms with Crippen LogP contribution >= 0.6 is 15.9 Å². The molecule has 0 heterocycles. The van der Waals surface area contributed by atoms with Gasteiger partial charge in [0.15, 0.2) is 8.32 Å². The maximum atomic E-state index is 6.32. The molecular weight excluding hydrogens is 304 g/mol. The van der Waals surface area contributed by atoms with Crippen molar-refractivity contribution < 1.29 is 4.43 Å². The van der Waals surface area contributed by atoms with Gasteiger partial charge in [-0.05, 0) is 36.3 Å². The van der Waals surface area contributed by atoms with Crippen molar-refractivity contribution in [2.75, 3.05) is 0 Å². The van der Waals surface area contributed by atoms with Crippen LogP contribution in [0.3, 0.4) is 0 Å². The van der Waals surface area contributed by atoms with Gasteiger partial charge in [-0.15, -0.1) is 0 Å². The fourth-order valence-corrected chi connectivity index (χ4v) is 3.32. The predicted octanol–water partition coefficient (Wildman–Crippen LogP) is 5.09. The maximum Gasteiger partial charge on any atom is 0.184 e. The molecule has 0 aliphatic heterocycles. The summed E-state index contributed by atoms with van der Waals surface area (Å²) in [6, 6.07) is 10.6. The first-order valence-electron chi connectivity index (χ1n) is 6.27. The van der Waals surface area contributed by atoms with E-state index in [-0.39, 0.29) is 11.5 Å². The van der Waals surface area contributed by atoms with Gasteiger partial charge < -0.3 is 4.43 Å². The maximum absolute atomic E-state index is 6.32. The lowest BCUT2D eigenvalue weighted by Gasteiger charge is -2.37. The molecule has 1 aromatic rings. The molecule has 100 valence electrons. The van der Waals surface area contributed by atoms with Crippen molar-refractivity contribution >= 4 is 24.2 Å². The number of rotatable bonds is 5. The number of hydrogen-bond acceptors (Lipinski definition) is 1. The molecule has 0 fully saturated rings. The molecule has 1 unspecified atom stereocenters. The van der Waals surface area contributed by atoms with Crippen LogP contribution < -0.4 is 0 Å². The van der Waals surface area contributed by atoms with E-state index in [0.717, 1.165) is 0 Å². The molecule has 0 saturated heterocycles. The zero-order valence-corrected chi connectivity index (χ0v) is 14.5. The number of halogens is 1. The smallest absolute Gasteiger partial charge is 0.184 e. The Morgan fingerprint density at radius 2 is 1.72 bits per heavy atom. The SMILES string of the molecule is CC(C)(c1ccccc1)C(C=CBr)O[Si](C)(C)C. The van der Waals surface area contributed by atoms with E-state index in [9.17, 15) is 0 Å². The molecule has 0 aromatic heterocycles. The van der Waals surface area contributed by atoms with Gasteiger partial charge in [0, 0.05) is 5.41 Å². The van der Waals surface area contributed by atoms with Gasteiger partial charge in [-0.1, -0.05) is 60.1 Å². The minimum absolute atomic E-state index is 0.0359. The van der Waals surface area contributed by atoms with Gasteiger partial charge in [0.2, 0.25) is 0 Å². The lowest BCUT2D eigenvalue weighted by molar-refractivity contribution is 0.162. The van der Waals surface area contributed by atoms with Crippen LogP contribution in [0.1, 0.15) is 19.4 Å². The minimum atomic E-state index is -1.57. The van der Waals surface area contributed by atoms with Crippen molar-refractivity contribution in [1.82, 2.24) is 0 Å². The van der Waals surface area contributed by atoms with Crippen LogP contribution in [0.15, 0.2) is 41.4 Å². The lowest BCUT2D eigenvalue weighted by atomic mass is 9.79. The van der Waals surface area contributed by atoms with E-state index >= 15 is 0 Å². The van der Waals surface area contributed by atoms with E-state index in [1.807, 2.05) is 11.1 Å². The average Bonchev–Trinajstić information content (AvgIpc) is 2.28. The van der Waals surface area contributed by atoms with E-state index in [4.69, 9.17) is 4.43 Å². The Hall–Kier alpha value is -0.383. The summed E-state index contributed by atoms with van der Waals surface area (Å²) in [6.45, 7) is 11.1. The molecule has 0 bridgehead atoms. The molecule has 0 aliphatic carbocycles. The summed E-state index contributed by atoms with van der Waals surface area (Å²) in [4.78, 5) is 1.91. The molecule has 0 aliphatic rings. The molecule has 0 spiro atoms. The molecule has 0 N–H and O–H groups in total. The zero-order chi connectivity index (χ0) is 13.8. The third-order valence-corrected chi connectivity index (χ3v) is 4.22. The third-order valence-electron chi connectivity index (χ3n) is 2.96. The van der Waals surface area contributed by atoms with Gasteiger partial charge in [-0.2, -0.15) is 0 Å². The summed E-state index contributed by atoms with van der Waals surface area (Å²) in [6.07, 6.45) is 2.19. The first-order chi connectivity index (χ1) is 8.27.